The summed E-state index contributed by atoms with van der Waals surface area (Å²) in [4.78, 5) is 35.4. The van der Waals surface area contributed by atoms with E-state index in [2.05, 4.69) is 5.32 Å². The van der Waals surface area contributed by atoms with Crippen molar-refractivity contribution >= 4 is 50.1 Å². The van der Waals surface area contributed by atoms with Crippen LogP contribution < -0.4 is 11.1 Å². The van der Waals surface area contributed by atoms with E-state index < -0.39 is 9.85 Å². The van der Waals surface area contributed by atoms with Gasteiger partial charge in [-0.3, -0.25) is 25.0 Å². The first-order chi connectivity index (χ1) is 17.0. The fraction of sp³-hybridized carbons (Fsp3) is 0.160. The number of non-ortho nitro benzene ring substituents is 2. The molecule has 3 aromatic rings. The number of carbonyl (C=O) groups excluding carboxylic acids is 1. The largest absolute Gasteiger partial charge is 0.398 e. The Balaban J connectivity index is 1.93. The lowest BCUT2D eigenvalue weighted by Gasteiger charge is -2.15. The Bertz CT molecular complexity index is 1390. The highest BCUT2D eigenvalue weighted by molar-refractivity contribution is 8.76. The molecule has 11 heteroatoms. The molecular formula is C25H24N4O5S2. The Hall–Kier alpha value is -3.83. The van der Waals surface area contributed by atoms with E-state index >= 15 is 0 Å². The number of nitrogen functional groups attached to an aromatic ring is 1. The van der Waals surface area contributed by atoms with Gasteiger partial charge in [-0.15, -0.1) is 0 Å². The first-order valence-electron chi connectivity index (χ1n) is 10.7. The number of hydrogen-bond acceptors (Lipinski definition) is 9. The number of benzene rings is 3. The molecule has 0 amide bonds. The van der Waals surface area contributed by atoms with E-state index in [4.69, 9.17) is 5.73 Å². The van der Waals surface area contributed by atoms with Crippen LogP contribution in [0.2, 0.25) is 0 Å². The number of nitro benzene ring substituents is 2. The molecule has 0 aliphatic carbocycles. The first-order valence-corrected chi connectivity index (χ1v) is 12.9. The van der Waals surface area contributed by atoms with E-state index in [1.54, 1.807) is 32.9 Å². The van der Waals surface area contributed by atoms with Crippen molar-refractivity contribution in [3.05, 3.63) is 103 Å². The number of allylic oxidation sites excluding steroid dienone is 2. The molecule has 0 atom stereocenters. The van der Waals surface area contributed by atoms with Gasteiger partial charge < -0.3 is 11.1 Å². The average molecular weight is 525 g/mol. The molecule has 0 heterocycles. The van der Waals surface area contributed by atoms with Gasteiger partial charge in [0.2, 0.25) is 0 Å². The summed E-state index contributed by atoms with van der Waals surface area (Å²) in [7, 11) is 2.35. The van der Waals surface area contributed by atoms with Crippen LogP contribution in [0.4, 0.5) is 22.7 Å². The molecule has 3 N–H and O–H groups in total. The van der Waals surface area contributed by atoms with Crippen LogP contribution >= 0.6 is 21.6 Å². The Morgan fingerprint density at radius 3 is 2.00 bits per heavy atom. The third kappa shape index (κ3) is 6.43. The predicted octanol–water partition coefficient (Wildman–Crippen LogP) is 7.01. The predicted molar refractivity (Wildman–Crippen MR) is 145 cm³/mol. The smallest absolute Gasteiger partial charge is 0.270 e. The maximum Gasteiger partial charge on any atom is 0.270 e. The van der Waals surface area contributed by atoms with Gasteiger partial charge in [0.15, 0.2) is 5.78 Å². The molecule has 9 nitrogen and oxygen atoms in total. The summed E-state index contributed by atoms with van der Waals surface area (Å²) in [5.74, 6) is -0.178. The Morgan fingerprint density at radius 2 is 1.42 bits per heavy atom. The van der Waals surface area contributed by atoms with Crippen LogP contribution in [0.5, 0.6) is 0 Å². The summed E-state index contributed by atoms with van der Waals surface area (Å²) in [5.41, 5.74) is 10.2. The van der Waals surface area contributed by atoms with Crippen molar-refractivity contribution in [2.45, 2.75) is 37.5 Å². The summed E-state index contributed by atoms with van der Waals surface area (Å²) < 4.78 is 0. The van der Waals surface area contributed by atoms with Gasteiger partial charge in [0, 0.05) is 57.1 Å². The Kier molecular flexibility index (Phi) is 8.38. The molecule has 0 radical (unpaired) electrons. The van der Waals surface area contributed by atoms with Crippen molar-refractivity contribution in [3.8, 4) is 0 Å². The quantitative estimate of drug-likeness (QED) is 0.0754. The number of ketones is 1. The highest BCUT2D eigenvalue weighted by Crippen LogP contribution is 2.47. The molecule has 0 spiro atoms. The number of nitrogens with one attached hydrogen (secondary N) is 1. The third-order valence-corrected chi connectivity index (χ3v) is 7.70. The topological polar surface area (TPSA) is 141 Å². The zero-order valence-corrected chi connectivity index (χ0v) is 21.7. The second-order valence-electron chi connectivity index (χ2n) is 8.17. The summed E-state index contributed by atoms with van der Waals surface area (Å²) in [6.07, 6.45) is 1.47. The lowest BCUT2D eigenvalue weighted by Crippen LogP contribution is -2.04. The van der Waals surface area contributed by atoms with Crippen LogP contribution in [0, 0.1) is 41.0 Å². The molecule has 0 fully saturated rings. The van der Waals surface area contributed by atoms with Crippen LogP contribution in [0.25, 0.3) is 0 Å². The minimum absolute atomic E-state index is 0.0910. The summed E-state index contributed by atoms with van der Waals surface area (Å²) >= 11 is 0. The first kappa shape index (κ1) is 26.8. The number of nitrogens with zero attached hydrogens (tertiary/aromatic N) is 2. The number of nitrogens with two attached hydrogens (primary N) is 1. The van der Waals surface area contributed by atoms with Gasteiger partial charge in [-0.25, -0.2) is 0 Å². The molecule has 0 bridgehead atoms. The van der Waals surface area contributed by atoms with E-state index in [0.29, 0.717) is 43.6 Å². The zero-order valence-electron chi connectivity index (χ0n) is 20.0. The highest BCUT2D eigenvalue weighted by atomic mass is 33.1. The Labute approximate surface area is 215 Å². The van der Waals surface area contributed by atoms with Crippen LogP contribution in [-0.2, 0) is 0 Å². The minimum atomic E-state index is -0.495. The van der Waals surface area contributed by atoms with Gasteiger partial charge >= 0.3 is 0 Å². The van der Waals surface area contributed by atoms with E-state index in [-0.39, 0.29) is 17.2 Å². The summed E-state index contributed by atoms with van der Waals surface area (Å²) in [5, 5.41) is 25.9. The van der Waals surface area contributed by atoms with Crippen molar-refractivity contribution in [3.63, 3.8) is 0 Å². The lowest BCUT2D eigenvalue weighted by molar-refractivity contribution is -0.385. The molecule has 0 unspecified atom stereocenters. The number of rotatable bonds is 9. The van der Waals surface area contributed by atoms with Crippen LogP contribution in [-0.4, -0.2) is 15.6 Å². The molecular weight excluding hydrogens is 500 g/mol. The van der Waals surface area contributed by atoms with Gasteiger partial charge in [-0.1, -0.05) is 51.4 Å². The van der Waals surface area contributed by atoms with Crippen molar-refractivity contribution in [2.24, 2.45) is 0 Å². The molecule has 0 saturated heterocycles. The van der Waals surface area contributed by atoms with E-state index in [0.717, 1.165) is 5.56 Å². The molecule has 0 aliphatic rings. The fourth-order valence-corrected chi connectivity index (χ4v) is 5.72. The molecule has 3 aromatic carbocycles. The van der Waals surface area contributed by atoms with Gasteiger partial charge in [0.25, 0.3) is 11.4 Å². The number of hydrogen-bond donors (Lipinski definition) is 2. The lowest BCUT2D eigenvalue weighted by atomic mass is 10.1. The standard InChI is InChI=1S/C25H24N4O5S2/c1-14-5-7-18(8-6-14)21(30)11-17(4)27-25-16(3)10-20(29(33)34)13-23(25)36-35-22-12-19(28(31)32)9-15(2)24(22)26/h5-13,27H,26H2,1-4H3/b17-11+. The van der Waals surface area contributed by atoms with Gasteiger partial charge in [-0.2, -0.15) is 0 Å². The van der Waals surface area contributed by atoms with E-state index in [1.165, 1.54) is 51.9 Å². The SMILES string of the molecule is C/C(=C\C(=O)c1ccc(C)cc1)Nc1c(C)cc([N+](=O)[O-])cc1SSc1cc([N+](=O)[O-])cc(C)c1N. The van der Waals surface area contributed by atoms with Crippen molar-refractivity contribution < 1.29 is 14.6 Å². The molecule has 36 heavy (non-hydrogen) atoms. The Morgan fingerprint density at radius 1 is 0.889 bits per heavy atom. The average Bonchev–Trinajstić information content (AvgIpc) is 2.81. The maximum atomic E-state index is 12.7. The van der Waals surface area contributed by atoms with Crippen molar-refractivity contribution in [1.29, 1.82) is 0 Å². The fourth-order valence-electron chi connectivity index (χ4n) is 3.31. The maximum absolute atomic E-state index is 12.7. The number of anilines is 2. The summed E-state index contributed by atoms with van der Waals surface area (Å²) in [6, 6.07) is 12.9. The van der Waals surface area contributed by atoms with E-state index in [9.17, 15) is 25.0 Å². The monoisotopic (exact) mass is 524 g/mol. The molecule has 0 aliphatic heterocycles. The molecule has 0 aromatic heterocycles. The van der Waals surface area contributed by atoms with Gasteiger partial charge in [-0.05, 0) is 38.8 Å². The minimum Gasteiger partial charge on any atom is -0.398 e. The number of aryl methyl sites for hydroxylation is 3. The number of nitro groups is 2. The molecule has 3 rings (SSSR count). The van der Waals surface area contributed by atoms with Gasteiger partial charge in [0.1, 0.15) is 0 Å². The van der Waals surface area contributed by atoms with E-state index in [1.807, 2.05) is 19.1 Å². The second kappa shape index (κ2) is 11.3. The highest BCUT2D eigenvalue weighted by Gasteiger charge is 2.19. The summed E-state index contributed by atoms with van der Waals surface area (Å²) in [6.45, 7) is 7.08. The zero-order chi connectivity index (χ0) is 26.6. The molecule has 186 valence electrons. The van der Waals surface area contributed by atoms with Crippen LogP contribution in [0.15, 0.2) is 70.1 Å². The van der Waals surface area contributed by atoms with Crippen LogP contribution in [0.3, 0.4) is 0 Å². The normalized spacial score (nSPS) is 11.3. The van der Waals surface area contributed by atoms with Gasteiger partial charge in [0.05, 0.1) is 15.5 Å². The van der Waals surface area contributed by atoms with Crippen LogP contribution in [0.1, 0.15) is 34.0 Å². The molecule has 0 saturated carbocycles. The van der Waals surface area contributed by atoms with Crippen molar-refractivity contribution in [1.82, 2.24) is 0 Å². The number of carbonyl (C=O) groups is 1. The second-order valence-corrected chi connectivity index (χ2v) is 10.4. The third-order valence-electron chi connectivity index (χ3n) is 5.27. The van der Waals surface area contributed by atoms with Crippen molar-refractivity contribution in [2.75, 3.05) is 11.1 Å².